The van der Waals surface area contributed by atoms with Crippen molar-refractivity contribution in [3.05, 3.63) is 0 Å². The average Bonchev–Trinajstić information content (AvgIpc) is 2.98. The molecule has 0 radical (unpaired) electrons. The Morgan fingerprint density at radius 3 is 2.53 bits per heavy atom. The van der Waals surface area contributed by atoms with Crippen LogP contribution in [0.4, 0.5) is 0 Å². The molecule has 3 heteroatoms. The minimum atomic E-state index is 0.626. The van der Waals surface area contributed by atoms with Gasteiger partial charge in [0.25, 0.3) is 0 Å². The monoisotopic (exact) mass is 214 g/mol. The molecule has 0 aromatic rings. The highest BCUT2D eigenvalue weighted by atomic mass is 16.5. The molecule has 1 fully saturated rings. The number of hydrogen-bond donors (Lipinski definition) is 1. The maximum atomic E-state index is 5.12. The Morgan fingerprint density at radius 1 is 1.40 bits per heavy atom. The third-order valence-electron chi connectivity index (χ3n) is 3.18. The van der Waals surface area contributed by atoms with E-state index in [1.165, 1.54) is 12.8 Å². The summed E-state index contributed by atoms with van der Waals surface area (Å²) in [5.41, 5.74) is 0. The lowest BCUT2D eigenvalue weighted by Crippen LogP contribution is -2.45. The van der Waals surface area contributed by atoms with Gasteiger partial charge in [0.1, 0.15) is 0 Å². The van der Waals surface area contributed by atoms with Crippen molar-refractivity contribution in [1.29, 1.82) is 0 Å². The van der Waals surface area contributed by atoms with E-state index in [4.69, 9.17) is 4.74 Å². The fourth-order valence-corrected chi connectivity index (χ4v) is 1.88. The van der Waals surface area contributed by atoms with E-state index in [1.54, 1.807) is 7.11 Å². The molecule has 0 bridgehead atoms. The van der Waals surface area contributed by atoms with E-state index in [1.807, 2.05) is 0 Å². The zero-order valence-corrected chi connectivity index (χ0v) is 10.6. The van der Waals surface area contributed by atoms with E-state index >= 15 is 0 Å². The minimum absolute atomic E-state index is 0.626. The summed E-state index contributed by atoms with van der Waals surface area (Å²) in [4.78, 5) is 2.41. The van der Waals surface area contributed by atoms with Gasteiger partial charge in [0, 0.05) is 32.3 Å². The van der Waals surface area contributed by atoms with Gasteiger partial charge in [-0.2, -0.15) is 0 Å². The van der Waals surface area contributed by atoms with Gasteiger partial charge in [-0.3, -0.25) is 4.90 Å². The van der Waals surface area contributed by atoms with Gasteiger partial charge in [-0.15, -0.1) is 0 Å². The van der Waals surface area contributed by atoms with E-state index in [0.717, 1.165) is 25.7 Å². The number of nitrogens with one attached hydrogen (secondary N) is 1. The summed E-state index contributed by atoms with van der Waals surface area (Å²) in [6.07, 6.45) is 2.74. The predicted octanol–water partition coefficient (Wildman–Crippen LogP) is 1.34. The van der Waals surface area contributed by atoms with E-state index in [-0.39, 0.29) is 0 Å². The average molecular weight is 214 g/mol. The molecule has 1 aliphatic rings. The van der Waals surface area contributed by atoms with Crippen molar-refractivity contribution in [2.75, 3.05) is 33.9 Å². The fourth-order valence-electron chi connectivity index (χ4n) is 1.88. The third-order valence-corrected chi connectivity index (χ3v) is 3.18. The van der Waals surface area contributed by atoms with Crippen LogP contribution in [0.25, 0.3) is 0 Å². The summed E-state index contributed by atoms with van der Waals surface area (Å²) >= 11 is 0. The van der Waals surface area contributed by atoms with Crippen LogP contribution in [-0.4, -0.2) is 50.8 Å². The lowest BCUT2D eigenvalue weighted by atomic mass is 10.0. The number of ether oxygens (including phenoxy) is 1. The van der Waals surface area contributed by atoms with Crippen molar-refractivity contribution >= 4 is 0 Å². The minimum Gasteiger partial charge on any atom is -0.383 e. The zero-order valence-electron chi connectivity index (χ0n) is 10.6. The molecule has 0 aromatic carbocycles. The van der Waals surface area contributed by atoms with Crippen LogP contribution in [0.2, 0.25) is 0 Å². The first-order valence-corrected chi connectivity index (χ1v) is 6.07. The molecule has 1 saturated carbocycles. The SMILES string of the molecule is COCCN(C)C(CNC1CC1)C(C)C. The summed E-state index contributed by atoms with van der Waals surface area (Å²) in [5.74, 6) is 0.693. The summed E-state index contributed by atoms with van der Waals surface area (Å²) in [6, 6.07) is 1.43. The molecule has 1 rings (SSSR count). The van der Waals surface area contributed by atoms with Crippen molar-refractivity contribution < 1.29 is 4.74 Å². The highest BCUT2D eigenvalue weighted by molar-refractivity contribution is 4.84. The Labute approximate surface area is 94.2 Å². The first-order chi connectivity index (χ1) is 7.15. The van der Waals surface area contributed by atoms with E-state index in [2.05, 4.69) is 31.1 Å². The Morgan fingerprint density at radius 2 is 2.07 bits per heavy atom. The Balaban J connectivity index is 2.26. The summed E-state index contributed by atoms with van der Waals surface area (Å²) < 4.78 is 5.12. The maximum Gasteiger partial charge on any atom is 0.0589 e. The van der Waals surface area contributed by atoms with E-state index in [9.17, 15) is 0 Å². The zero-order chi connectivity index (χ0) is 11.3. The number of likely N-dealkylation sites (N-methyl/N-ethyl adjacent to an activating group) is 1. The smallest absolute Gasteiger partial charge is 0.0589 e. The van der Waals surface area contributed by atoms with Gasteiger partial charge in [-0.05, 0) is 25.8 Å². The van der Waals surface area contributed by atoms with Gasteiger partial charge >= 0.3 is 0 Å². The van der Waals surface area contributed by atoms with Gasteiger partial charge in [0.15, 0.2) is 0 Å². The number of rotatable bonds is 8. The largest absolute Gasteiger partial charge is 0.383 e. The van der Waals surface area contributed by atoms with Crippen LogP contribution in [0, 0.1) is 5.92 Å². The molecule has 1 unspecified atom stereocenters. The van der Waals surface area contributed by atoms with E-state index < -0.39 is 0 Å². The first-order valence-electron chi connectivity index (χ1n) is 6.07. The Bertz CT molecular complexity index is 169. The van der Waals surface area contributed by atoms with E-state index in [0.29, 0.717) is 12.0 Å². The Kier molecular flexibility index (Phi) is 5.58. The van der Waals surface area contributed by atoms with Gasteiger partial charge < -0.3 is 10.1 Å². The molecule has 0 aromatic heterocycles. The number of hydrogen-bond acceptors (Lipinski definition) is 3. The number of methoxy groups -OCH3 is 1. The molecule has 0 heterocycles. The number of nitrogens with zero attached hydrogens (tertiary/aromatic N) is 1. The first kappa shape index (κ1) is 12.9. The predicted molar refractivity (Wildman–Crippen MR) is 64.2 cm³/mol. The molecule has 0 saturated heterocycles. The van der Waals surface area contributed by atoms with Gasteiger partial charge in [-0.25, -0.2) is 0 Å². The normalized spacial score (nSPS) is 18.8. The van der Waals surface area contributed by atoms with Crippen molar-refractivity contribution in [3.63, 3.8) is 0 Å². The summed E-state index contributed by atoms with van der Waals surface area (Å²) in [5, 5.41) is 3.61. The molecule has 1 aliphatic carbocycles. The molecule has 90 valence electrons. The summed E-state index contributed by atoms with van der Waals surface area (Å²) in [6.45, 7) is 7.54. The van der Waals surface area contributed by atoms with Crippen LogP contribution in [0.3, 0.4) is 0 Å². The van der Waals surface area contributed by atoms with Crippen molar-refractivity contribution in [2.24, 2.45) is 5.92 Å². The maximum absolute atomic E-state index is 5.12. The second kappa shape index (κ2) is 6.46. The van der Waals surface area contributed by atoms with Crippen LogP contribution < -0.4 is 5.32 Å². The Hall–Kier alpha value is -0.120. The molecule has 0 amide bonds. The van der Waals surface area contributed by atoms with Gasteiger partial charge in [-0.1, -0.05) is 13.8 Å². The highest BCUT2D eigenvalue weighted by Gasteiger charge is 2.24. The quantitative estimate of drug-likeness (QED) is 0.660. The second-order valence-corrected chi connectivity index (χ2v) is 4.97. The molecule has 15 heavy (non-hydrogen) atoms. The van der Waals surface area contributed by atoms with Crippen LogP contribution in [0.5, 0.6) is 0 Å². The molecule has 1 atom stereocenters. The highest BCUT2D eigenvalue weighted by Crippen LogP contribution is 2.19. The second-order valence-electron chi connectivity index (χ2n) is 4.97. The third kappa shape index (κ3) is 4.96. The molecule has 1 N–H and O–H groups in total. The van der Waals surface area contributed by atoms with Gasteiger partial charge in [0.2, 0.25) is 0 Å². The van der Waals surface area contributed by atoms with Gasteiger partial charge in [0.05, 0.1) is 6.61 Å². The fraction of sp³-hybridized carbons (Fsp3) is 1.00. The van der Waals surface area contributed by atoms with Crippen molar-refractivity contribution in [1.82, 2.24) is 10.2 Å². The standard InChI is InChI=1S/C12H26N2O/c1-10(2)12(9-13-11-5-6-11)14(3)7-8-15-4/h10-13H,5-9H2,1-4H3. The van der Waals surface area contributed by atoms with Crippen LogP contribution in [0.15, 0.2) is 0 Å². The van der Waals surface area contributed by atoms with Crippen LogP contribution in [-0.2, 0) is 4.74 Å². The molecular formula is C12H26N2O. The van der Waals surface area contributed by atoms with Crippen molar-refractivity contribution in [2.45, 2.75) is 38.8 Å². The molecule has 0 spiro atoms. The van der Waals surface area contributed by atoms with Crippen LogP contribution >= 0.6 is 0 Å². The lowest BCUT2D eigenvalue weighted by molar-refractivity contribution is 0.120. The molecule has 0 aliphatic heterocycles. The topological polar surface area (TPSA) is 24.5 Å². The van der Waals surface area contributed by atoms with Crippen LogP contribution in [0.1, 0.15) is 26.7 Å². The molecular weight excluding hydrogens is 188 g/mol. The van der Waals surface area contributed by atoms with Crippen molar-refractivity contribution in [3.8, 4) is 0 Å². The molecule has 3 nitrogen and oxygen atoms in total. The lowest BCUT2D eigenvalue weighted by Gasteiger charge is -2.31. The summed E-state index contributed by atoms with van der Waals surface area (Å²) in [7, 11) is 3.96.